The molecule has 306 valence electrons. The molecule has 1 saturated heterocycles. The number of anilines is 2. The zero-order valence-electron chi connectivity index (χ0n) is 33.6. The van der Waals surface area contributed by atoms with Gasteiger partial charge in [-0.1, -0.05) is 36.4 Å². The van der Waals surface area contributed by atoms with Gasteiger partial charge in [0, 0.05) is 44.8 Å². The molecule has 8 aromatic rings. The number of rotatable bonds is 11. The Morgan fingerprint density at radius 2 is 1.08 bits per heavy atom. The van der Waals surface area contributed by atoms with E-state index in [1.54, 1.807) is 61.7 Å². The Hall–Kier alpha value is -6.68. The van der Waals surface area contributed by atoms with Gasteiger partial charge >= 0.3 is 0 Å². The molecule has 4 aromatic heterocycles. The predicted molar refractivity (Wildman–Crippen MR) is 229 cm³/mol. The van der Waals surface area contributed by atoms with Crippen molar-refractivity contribution in [3.63, 3.8) is 0 Å². The lowest BCUT2D eigenvalue weighted by Gasteiger charge is -2.32. The van der Waals surface area contributed by atoms with Gasteiger partial charge in [0.1, 0.15) is 35.9 Å². The van der Waals surface area contributed by atoms with Crippen LogP contribution in [0, 0.1) is 11.6 Å². The average molecular weight is 809 g/mol. The number of piperazine rings is 1. The first-order chi connectivity index (χ1) is 29.2. The fourth-order valence-corrected chi connectivity index (χ4v) is 7.13. The van der Waals surface area contributed by atoms with Crippen molar-refractivity contribution in [3.8, 4) is 11.6 Å². The largest absolute Gasteiger partial charge is 0.392 e. The molecule has 0 spiro atoms. The van der Waals surface area contributed by atoms with E-state index in [1.165, 1.54) is 29.8 Å². The molecule has 0 radical (unpaired) electrons. The Morgan fingerprint density at radius 3 is 1.57 bits per heavy atom. The van der Waals surface area contributed by atoms with Gasteiger partial charge in [0.2, 0.25) is 0 Å². The van der Waals surface area contributed by atoms with Crippen molar-refractivity contribution < 1.29 is 13.9 Å². The lowest BCUT2D eigenvalue weighted by atomic mass is 10.1. The van der Waals surface area contributed by atoms with Crippen molar-refractivity contribution in [2.45, 2.75) is 39.1 Å². The maximum absolute atomic E-state index is 13.2. The number of imidazole rings is 2. The van der Waals surface area contributed by atoms with Crippen LogP contribution in [0.2, 0.25) is 0 Å². The Kier molecular flexibility index (Phi) is 12.1. The summed E-state index contributed by atoms with van der Waals surface area (Å²) in [5, 5.41) is 16.0. The van der Waals surface area contributed by atoms with Gasteiger partial charge in [0.05, 0.1) is 53.5 Å². The molecule has 3 N–H and O–H groups in total. The van der Waals surface area contributed by atoms with Crippen LogP contribution >= 0.6 is 0 Å². The van der Waals surface area contributed by atoms with E-state index in [0.29, 0.717) is 23.3 Å². The molecule has 0 saturated carbocycles. The summed E-state index contributed by atoms with van der Waals surface area (Å²) in [5.41, 5.74) is 7.59. The summed E-state index contributed by atoms with van der Waals surface area (Å²) in [5.74, 6) is 2.06. The van der Waals surface area contributed by atoms with Gasteiger partial charge in [0.25, 0.3) is 0 Å². The van der Waals surface area contributed by atoms with E-state index in [9.17, 15) is 13.9 Å². The lowest BCUT2D eigenvalue weighted by molar-refractivity contribution is 0.148. The number of halogens is 2. The number of hydrogen-bond donors (Lipinski definition) is 3. The van der Waals surface area contributed by atoms with E-state index in [4.69, 9.17) is 4.98 Å². The van der Waals surface area contributed by atoms with Gasteiger partial charge in [-0.3, -0.25) is 24.0 Å². The Morgan fingerprint density at radius 1 is 0.617 bits per heavy atom. The number of aromatic nitrogens is 8. The molecule has 0 aliphatic carbocycles. The van der Waals surface area contributed by atoms with Crippen molar-refractivity contribution in [2.24, 2.45) is 0 Å². The Labute approximate surface area is 346 Å². The van der Waals surface area contributed by atoms with Crippen molar-refractivity contribution in [2.75, 3.05) is 43.9 Å². The molecule has 15 heteroatoms. The van der Waals surface area contributed by atoms with Crippen LogP contribution in [-0.4, -0.2) is 87.2 Å². The highest BCUT2D eigenvalue weighted by molar-refractivity contribution is 5.78. The maximum atomic E-state index is 13.2. The number of benzene rings is 4. The quantitative estimate of drug-likeness (QED) is 0.120. The predicted octanol–water partition coefficient (Wildman–Crippen LogP) is 7.50. The van der Waals surface area contributed by atoms with Crippen LogP contribution in [0.4, 0.5) is 20.4 Å². The molecule has 2 unspecified atom stereocenters. The number of likely N-dealkylation sites (N-methyl/N-ethyl adjacent to an activating group) is 1. The SMILES string of the molecule is CC(Nc1cncc(-n2cnc3ccc(CN4CCN(C)CC4)cc32)n1)c1ccc(F)cc1.CC(Nc1cncc(-n2cnc3ccc(CO)cc32)n1)c1ccc(F)cc1. The Bertz CT molecular complexity index is 2680. The maximum Gasteiger partial charge on any atom is 0.159 e. The van der Waals surface area contributed by atoms with Gasteiger partial charge in [-0.15, -0.1) is 0 Å². The van der Waals surface area contributed by atoms with E-state index in [-0.39, 0.29) is 30.3 Å². The molecule has 1 aliphatic rings. The normalized spacial score (nSPS) is 14.4. The topological polar surface area (TPSA) is 138 Å². The van der Waals surface area contributed by atoms with Gasteiger partial charge in [-0.2, -0.15) is 0 Å². The third kappa shape index (κ3) is 9.44. The number of aliphatic hydroxyl groups is 1. The molecule has 5 heterocycles. The number of nitrogens with zero attached hydrogens (tertiary/aromatic N) is 10. The van der Waals surface area contributed by atoms with E-state index in [1.807, 2.05) is 41.2 Å². The molecule has 1 aliphatic heterocycles. The molecule has 13 nitrogen and oxygen atoms in total. The van der Waals surface area contributed by atoms with Crippen LogP contribution in [-0.2, 0) is 13.2 Å². The second-order valence-electron chi connectivity index (χ2n) is 15.0. The van der Waals surface area contributed by atoms with Gasteiger partial charge in [0.15, 0.2) is 11.6 Å². The molecule has 60 heavy (non-hydrogen) atoms. The summed E-state index contributed by atoms with van der Waals surface area (Å²) < 4.78 is 30.1. The minimum Gasteiger partial charge on any atom is -0.392 e. The summed E-state index contributed by atoms with van der Waals surface area (Å²) in [7, 11) is 2.17. The van der Waals surface area contributed by atoms with Crippen LogP contribution in [0.25, 0.3) is 33.7 Å². The van der Waals surface area contributed by atoms with E-state index in [0.717, 1.165) is 71.5 Å². The second-order valence-corrected chi connectivity index (χ2v) is 15.0. The van der Waals surface area contributed by atoms with E-state index >= 15 is 0 Å². The smallest absolute Gasteiger partial charge is 0.159 e. The van der Waals surface area contributed by atoms with Crippen molar-refractivity contribution in [1.29, 1.82) is 0 Å². The van der Waals surface area contributed by atoms with Crippen LogP contribution < -0.4 is 10.6 Å². The van der Waals surface area contributed by atoms with Crippen molar-refractivity contribution >= 4 is 33.7 Å². The fourth-order valence-electron chi connectivity index (χ4n) is 7.13. The molecule has 1 fully saturated rings. The molecule has 0 bridgehead atoms. The second kappa shape index (κ2) is 18.1. The first-order valence-corrected chi connectivity index (χ1v) is 19.8. The van der Waals surface area contributed by atoms with Crippen LogP contribution in [0.1, 0.15) is 48.2 Å². The molecular formula is C45H46F2N12O. The lowest BCUT2D eigenvalue weighted by Crippen LogP contribution is -2.43. The first-order valence-electron chi connectivity index (χ1n) is 19.8. The van der Waals surface area contributed by atoms with Gasteiger partial charge < -0.3 is 20.6 Å². The molecule has 0 amide bonds. The van der Waals surface area contributed by atoms with Gasteiger partial charge in [-0.25, -0.2) is 28.7 Å². The summed E-state index contributed by atoms with van der Waals surface area (Å²) in [4.78, 5) is 31.8. The fraction of sp³-hybridized carbons (Fsp3) is 0.244. The standard InChI is InChI=1S/C25H28FN7.C20H18FN5O/c1-18(20-4-6-21(26)7-5-20)29-24-14-27-15-25(30-24)33-17-28-22-8-3-19(13-23(22)33)16-32-11-9-31(2)10-12-32;1-13(15-3-5-16(21)6-4-15)24-19-9-22-10-20(25-19)26-12-23-17-7-2-14(11-27)8-18(17)26/h3-8,13-15,17-18H,9-12,16H2,1-2H3,(H,29,30);2-10,12-13,27H,11H2,1H3,(H,24,25). The zero-order chi connectivity index (χ0) is 41.6. The molecular weight excluding hydrogens is 763 g/mol. The summed E-state index contributed by atoms with van der Waals surface area (Å²) in [6, 6.07) is 24.7. The van der Waals surface area contributed by atoms with Crippen molar-refractivity contribution in [1.82, 2.24) is 48.8 Å². The summed E-state index contributed by atoms with van der Waals surface area (Å²) >= 11 is 0. The number of nitrogens with one attached hydrogen (secondary N) is 2. The number of hydrogen-bond acceptors (Lipinski definition) is 11. The van der Waals surface area contributed by atoms with Crippen LogP contribution in [0.3, 0.4) is 0 Å². The number of fused-ring (bicyclic) bond motifs is 2. The summed E-state index contributed by atoms with van der Waals surface area (Å²) in [6.45, 7) is 9.25. The zero-order valence-corrected chi connectivity index (χ0v) is 33.6. The first kappa shape index (κ1) is 40.1. The molecule has 2 atom stereocenters. The average Bonchev–Trinajstić information content (AvgIpc) is 3.89. The monoisotopic (exact) mass is 808 g/mol. The third-order valence-electron chi connectivity index (χ3n) is 10.6. The van der Waals surface area contributed by atoms with E-state index < -0.39 is 0 Å². The van der Waals surface area contributed by atoms with Crippen LogP contribution in [0.15, 0.2) is 122 Å². The highest BCUT2D eigenvalue weighted by Crippen LogP contribution is 2.24. The summed E-state index contributed by atoms with van der Waals surface area (Å²) in [6.07, 6.45) is 10.2. The highest BCUT2D eigenvalue weighted by Gasteiger charge is 2.16. The number of aliphatic hydroxyl groups excluding tert-OH is 1. The van der Waals surface area contributed by atoms with Crippen molar-refractivity contribution in [3.05, 3.63) is 156 Å². The minimum atomic E-state index is -0.262. The van der Waals surface area contributed by atoms with Crippen LogP contribution in [0.5, 0.6) is 0 Å². The van der Waals surface area contributed by atoms with E-state index in [2.05, 4.69) is 70.6 Å². The molecule has 4 aromatic carbocycles. The van der Waals surface area contributed by atoms with Gasteiger partial charge in [-0.05, 0) is 91.7 Å². The minimum absolute atomic E-state index is 0.0372. The third-order valence-corrected chi connectivity index (χ3v) is 10.6. The highest BCUT2D eigenvalue weighted by atomic mass is 19.1. The molecule has 9 rings (SSSR count). The Balaban J connectivity index is 0.000000170.